The van der Waals surface area contributed by atoms with Gasteiger partial charge in [0.25, 0.3) is 11.9 Å². The number of piperidine rings is 1. The summed E-state index contributed by atoms with van der Waals surface area (Å²) >= 11 is 1.64. The maximum atomic E-state index is 13.1. The highest BCUT2D eigenvalue weighted by Crippen LogP contribution is 2.36. The number of thiophene rings is 1. The Labute approximate surface area is 192 Å². The third kappa shape index (κ3) is 4.09. The Morgan fingerprint density at radius 1 is 1.16 bits per heavy atom. The van der Waals surface area contributed by atoms with E-state index >= 15 is 0 Å². The Hall–Kier alpha value is -2.58. The maximum Gasteiger partial charge on any atom is 0.254 e. The van der Waals surface area contributed by atoms with Gasteiger partial charge in [-0.1, -0.05) is 25.3 Å². The van der Waals surface area contributed by atoms with Crippen LogP contribution in [0.5, 0.6) is 0 Å². The molecule has 0 aromatic carbocycles. The molecule has 0 bridgehead atoms. The topological polar surface area (TPSA) is 75.9 Å². The Morgan fingerprint density at radius 3 is 2.72 bits per heavy atom. The molecule has 1 amide bonds. The summed E-state index contributed by atoms with van der Waals surface area (Å²) in [4.78, 5) is 25.9. The summed E-state index contributed by atoms with van der Waals surface area (Å²) in [5.41, 5.74) is 2.32. The largest absolute Gasteiger partial charge is 0.350 e. The number of hydrogen-bond donors (Lipinski definition) is 1. The summed E-state index contributed by atoms with van der Waals surface area (Å²) in [6.07, 6.45) is 12.1. The van der Waals surface area contributed by atoms with Crippen molar-refractivity contribution in [2.45, 2.75) is 57.4 Å². The van der Waals surface area contributed by atoms with E-state index in [0.29, 0.717) is 18.1 Å². The summed E-state index contributed by atoms with van der Waals surface area (Å²) in [5.74, 6) is 0.416. The highest BCUT2D eigenvalue weighted by molar-refractivity contribution is 7.13. The van der Waals surface area contributed by atoms with Crippen molar-refractivity contribution in [1.82, 2.24) is 30.0 Å². The summed E-state index contributed by atoms with van der Waals surface area (Å²) < 4.78 is 1.65. The molecule has 5 rings (SSSR count). The minimum absolute atomic E-state index is 0.0635. The van der Waals surface area contributed by atoms with Crippen molar-refractivity contribution < 1.29 is 4.79 Å². The molecule has 3 aromatic rings. The van der Waals surface area contributed by atoms with Crippen LogP contribution in [0.1, 0.15) is 61.0 Å². The van der Waals surface area contributed by atoms with Crippen molar-refractivity contribution >= 4 is 17.2 Å². The van der Waals surface area contributed by atoms with E-state index in [2.05, 4.69) is 25.3 Å². The van der Waals surface area contributed by atoms with Crippen LogP contribution in [-0.2, 0) is 0 Å². The van der Waals surface area contributed by atoms with Crippen LogP contribution in [0.2, 0.25) is 0 Å². The predicted molar refractivity (Wildman–Crippen MR) is 126 cm³/mol. The molecule has 2 fully saturated rings. The molecule has 1 aliphatic carbocycles. The van der Waals surface area contributed by atoms with Gasteiger partial charge in [-0.15, -0.1) is 11.3 Å². The first-order valence-electron chi connectivity index (χ1n) is 11.6. The third-order valence-electron chi connectivity index (χ3n) is 7.00. The van der Waals surface area contributed by atoms with Crippen molar-refractivity contribution in [2.75, 3.05) is 19.6 Å². The SMILES string of the molecule is Cc1c(C(=O)NCC2(N3CCCCC3)CCCC2)cnn1-c1nccc(-c2cccs2)n1. The molecule has 1 aliphatic heterocycles. The highest BCUT2D eigenvalue weighted by atomic mass is 32.1. The van der Waals surface area contributed by atoms with Gasteiger partial charge in [0, 0.05) is 18.3 Å². The van der Waals surface area contributed by atoms with Crippen molar-refractivity contribution in [1.29, 1.82) is 0 Å². The number of amides is 1. The first-order valence-corrected chi connectivity index (χ1v) is 12.5. The number of likely N-dealkylation sites (tertiary alicyclic amines) is 1. The number of nitrogens with zero attached hydrogens (tertiary/aromatic N) is 5. The molecular weight excluding hydrogens is 420 g/mol. The van der Waals surface area contributed by atoms with Gasteiger partial charge in [-0.3, -0.25) is 9.69 Å². The zero-order valence-corrected chi connectivity index (χ0v) is 19.4. The second-order valence-corrected chi connectivity index (χ2v) is 9.88. The van der Waals surface area contributed by atoms with E-state index in [-0.39, 0.29) is 11.4 Å². The highest BCUT2D eigenvalue weighted by Gasteiger charge is 2.40. The number of nitrogens with one attached hydrogen (secondary N) is 1. The molecule has 1 N–H and O–H groups in total. The summed E-state index contributed by atoms with van der Waals surface area (Å²) in [5, 5.41) is 9.71. The molecule has 1 saturated carbocycles. The second kappa shape index (κ2) is 9.11. The smallest absolute Gasteiger partial charge is 0.254 e. The quantitative estimate of drug-likeness (QED) is 0.608. The Balaban J connectivity index is 1.32. The molecule has 0 unspecified atom stereocenters. The number of hydrogen-bond acceptors (Lipinski definition) is 6. The lowest BCUT2D eigenvalue weighted by molar-refractivity contribution is 0.0642. The van der Waals surface area contributed by atoms with E-state index in [9.17, 15) is 4.79 Å². The first-order chi connectivity index (χ1) is 15.7. The van der Waals surface area contributed by atoms with Crippen molar-refractivity contribution in [3.05, 3.63) is 47.2 Å². The van der Waals surface area contributed by atoms with E-state index in [1.807, 2.05) is 30.5 Å². The predicted octanol–water partition coefficient (Wildman–Crippen LogP) is 4.23. The summed E-state index contributed by atoms with van der Waals surface area (Å²) in [6, 6.07) is 5.93. The molecule has 32 heavy (non-hydrogen) atoms. The number of aromatic nitrogens is 4. The Kier molecular flexibility index (Phi) is 6.06. The van der Waals surface area contributed by atoms with Crippen LogP contribution in [-0.4, -0.2) is 55.7 Å². The van der Waals surface area contributed by atoms with Gasteiger partial charge < -0.3 is 5.32 Å². The molecular formula is C24H30N6OS. The summed E-state index contributed by atoms with van der Waals surface area (Å²) in [6.45, 7) is 4.93. The fourth-order valence-corrected chi connectivity index (χ4v) is 5.89. The van der Waals surface area contributed by atoms with Gasteiger partial charge in [0.05, 0.1) is 28.0 Å². The van der Waals surface area contributed by atoms with Crippen LogP contribution in [0, 0.1) is 6.92 Å². The molecule has 0 radical (unpaired) electrons. The van der Waals surface area contributed by atoms with E-state index in [1.165, 1.54) is 44.9 Å². The van der Waals surface area contributed by atoms with Crippen molar-refractivity contribution in [3.63, 3.8) is 0 Å². The Morgan fingerprint density at radius 2 is 1.97 bits per heavy atom. The van der Waals surface area contributed by atoms with E-state index in [4.69, 9.17) is 0 Å². The molecule has 2 aliphatic rings. The zero-order chi connectivity index (χ0) is 22.0. The van der Waals surface area contributed by atoms with E-state index < -0.39 is 0 Å². The van der Waals surface area contributed by atoms with Crippen LogP contribution in [0.15, 0.2) is 36.0 Å². The molecule has 168 valence electrons. The van der Waals surface area contributed by atoms with Crippen LogP contribution < -0.4 is 5.32 Å². The van der Waals surface area contributed by atoms with Gasteiger partial charge in [0.2, 0.25) is 0 Å². The van der Waals surface area contributed by atoms with Crippen molar-refractivity contribution in [3.8, 4) is 16.5 Å². The van der Waals surface area contributed by atoms with Gasteiger partial charge in [-0.25, -0.2) is 14.6 Å². The maximum absolute atomic E-state index is 13.1. The van der Waals surface area contributed by atoms with Gasteiger partial charge >= 0.3 is 0 Å². The van der Waals surface area contributed by atoms with Crippen LogP contribution in [0.3, 0.4) is 0 Å². The average molecular weight is 451 g/mol. The lowest BCUT2D eigenvalue weighted by atomic mass is 9.92. The fourth-order valence-electron chi connectivity index (χ4n) is 5.19. The molecule has 0 spiro atoms. The van der Waals surface area contributed by atoms with Gasteiger partial charge in [-0.2, -0.15) is 5.10 Å². The Bertz CT molecular complexity index is 1060. The third-order valence-corrected chi connectivity index (χ3v) is 7.89. The van der Waals surface area contributed by atoms with Gasteiger partial charge in [0.1, 0.15) is 0 Å². The van der Waals surface area contributed by atoms with Gasteiger partial charge in [0.15, 0.2) is 0 Å². The first kappa shape index (κ1) is 21.3. The second-order valence-electron chi connectivity index (χ2n) is 8.94. The normalized spacial score (nSPS) is 18.7. The van der Waals surface area contributed by atoms with Crippen LogP contribution in [0.4, 0.5) is 0 Å². The van der Waals surface area contributed by atoms with Crippen molar-refractivity contribution in [2.24, 2.45) is 0 Å². The lowest BCUT2D eigenvalue weighted by Gasteiger charge is -2.43. The molecule has 4 heterocycles. The standard InChI is InChI=1S/C24H30N6OS/c1-18-19(16-27-30(18)23-25-12-9-20(28-23)21-8-7-15-32-21)22(31)26-17-24(10-3-4-11-24)29-13-5-2-6-14-29/h7-9,12,15-16H,2-6,10-11,13-14,17H2,1H3,(H,26,31). The minimum Gasteiger partial charge on any atom is -0.350 e. The average Bonchev–Trinajstić information content (AvgIpc) is 3.60. The molecule has 8 heteroatoms. The number of carbonyl (C=O) groups excluding carboxylic acids is 1. The van der Waals surface area contributed by atoms with Crippen LogP contribution in [0.25, 0.3) is 16.5 Å². The molecule has 7 nitrogen and oxygen atoms in total. The van der Waals surface area contributed by atoms with Gasteiger partial charge in [-0.05, 0) is 63.2 Å². The summed E-state index contributed by atoms with van der Waals surface area (Å²) in [7, 11) is 0. The van der Waals surface area contributed by atoms with E-state index in [1.54, 1.807) is 28.4 Å². The number of rotatable bonds is 6. The minimum atomic E-state index is -0.0635. The zero-order valence-electron chi connectivity index (χ0n) is 18.6. The fraction of sp³-hybridized carbons (Fsp3) is 0.500. The molecule has 3 aromatic heterocycles. The lowest BCUT2D eigenvalue weighted by Crippen LogP contribution is -2.55. The molecule has 0 atom stereocenters. The number of carbonyl (C=O) groups is 1. The molecule has 1 saturated heterocycles. The monoisotopic (exact) mass is 450 g/mol. The van der Waals surface area contributed by atoms with E-state index in [0.717, 1.165) is 29.4 Å². The van der Waals surface area contributed by atoms with Crippen LogP contribution >= 0.6 is 11.3 Å².